The smallest absolute Gasteiger partial charge is 0.269 e. The fourth-order valence-corrected chi connectivity index (χ4v) is 3.05. The average molecular weight is 473 g/mol. The fourth-order valence-electron chi connectivity index (χ4n) is 3.05. The number of nitrogens with zero attached hydrogens (tertiary/aromatic N) is 2. The summed E-state index contributed by atoms with van der Waals surface area (Å²) in [7, 11) is 0. The fraction of sp³-hybridized carbons (Fsp3) is 0.207. The molecule has 3 aromatic carbocycles. The molecule has 1 aromatic heterocycles. The van der Waals surface area contributed by atoms with E-state index in [1.54, 1.807) is 18.2 Å². The second-order valence-electron chi connectivity index (χ2n) is 6.85. The van der Waals surface area contributed by atoms with Crippen LogP contribution < -0.4 is 9.47 Å². The maximum absolute atomic E-state index is 11.0. The molecular weight excluding hydrogens is 440 g/mol. The highest BCUT2D eigenvalue weighted by Crippen LogP contribution is 2.32. The predicted octanol–water partition coefficient (Wildman–Crippen LogP) is 7.87. The summed E-state index contributed by atoms with van der Waals surface area (Å²) in [5.74, 6) is 0.848. The third-order valence-electron chi connectivity index (χ3n) is 4.67. The van der Waals surface area contributed by atoms with Crippen LogP contribution in [-0.4, -0.2) is 9.91 Å². The van der Waals surface area contributed by atoms with E-state index in [4.69, 9.17) is 9.47 Å². The SMILES string of the molecule is CC.CC.O=[N+]([O-])c1ccc(-c2ccc(OCc3ccccc3)nc2OCc2ccccc2)cc1. The molecule has 182 valence electrons. The van der Waals surface area contributed by atoms with E-state index in [0.717, 1.165) is 22.3 Å². The summed E-state index contributed by atoms with van der Waals surface area (Å²) in [5, 5.41) is 11.0. The summed E-state index contributed by atoms with van der Waals surface area (Å²) in [6, 6.07) is 29.6. The molecule has 0 unspecified atom stereocenters. The first kappa shape index (κ1) is 27.1. The topological polar surface area (TPSA) is 74.5 Å². The lowest BCUT2D eigenvalue weighted by Crippen LogP contribution is -2.02. The van der Waals surface area contributed by atoms with Gasteiger partial charge >= 0.3 is 0 Å². The monoisotopic (exact) mass is 472 g/mol. The van der Waals surface area contributed by atoms with Crippen molar-refractivity contribution in [3.05, 3.63) is 118 Å². The number of benzene rings is 3. The van der Waals surface area contributed by atoms with E-state index in [0.29, 0.717) is 25.0 Å². The van der Waals surface area contributed by atoms with Crippen molar-refractivity contribution in [3.8, 4) is 22.9 Å². The first-order valence-electron chi connectivity index (χ1n) is 11.8. The van der Waals surface area contributed by atoms with Gasteiger partial charge in [0.1, 0.15) is 13.2 Å². The van der Waals surface area contributed by atoms with E-state index in [1.165, 1.54) is 12.1 Å². The number of nitro groups is 1. The van der Waals surface area contributed by atoms with Crippen molar-refractivity contribution in [2.24, 2.45) is 0 Å². The number of nitro benzene ring substituents is 1. The quantitative estimate of drug-likeness (QED) is 0.193. The number of non-ortho nitro benzene ring substituents is 1. The molecule has 6 heteroatoms. The van der Waals surface area contributed by atoms with Crippen LogP contribution in [0.5, 0.6) is 11.8 Å². The number of rotatable bonds is 8. The molecule has 6 nitrogen and oxygen atoms in total. The molecule has 0 fully saturated rings. The van der Waals surface area contributed by atoms with Crippen molar-refractivity contribution < 1.29 is 14.4 Å². The zero-order valence-corrected chi connectivity index (χ0v) is 20.7. The lowest BCUT2D eigenvalue weighted by molar-refractivity contribution is -0.384. The molecule has 0 aliphatic rings. The minimum absolute atomic E-state index is 0.0336. The average Bonchev–Trinajstić information content (AvgIpc) is 2.94. The van der Waals surface area contributed by atoms with Gasteiger partial charge in [0.2, 0.25) is 11.8 Å². The van der Waals surface area contributed by atoms with Gasteiger partial charge in [0.05, 0.1) is 4.92 Å². The summed E-state index contributed by atoms with van der Waals surface area (Å²) in [6.45, 7) is 8.73. The molecule has 35 heavy (non-hydrogen) atoms. The van der Waals surface area contributed by atoms with E-state index in [2.05, 4.69) is 4.98 Å². The second kappa shape index (κ2) is 14.9. The van der Waals surface area contributed by atoms with Crippen LogP contribution in [0.3, 0.4) is 0 Å². The maximum Gasteiger partial charge on any atom is 0.269 e. The van der Waals surface area contributed by atoms with Crippen LogP contribution in [0.1, 0.15) is 38.8 Å². The Bertz CT molecular complexity index is 1150. The maximum atomic E-state index is 11.0. The first-order chi connectivity index (χ1) is 17.2. The molecule has 0 bridgehead atoms. The molecule has 0 N–H and O–H groups in total. The summed E-state index contributed by atoms with van der Waals surface area (Å²) in [6.07, 6.45) is 0. The highest BCUT2D eigenvalue weighted by Gasteiger charge is 2.13. The van der Waals surface area contributed by atoms with Gasteiger partial charge in [0, 0.05) is 23.8 Å². The number of ether oxygens (including phenoxy) is 2. The van der Waals surface area contributed by atoms with E-state index in [-0.39, 0.29) is 5.69 Å². The number of aromatic nitrogens is 1. The number of hydrogen-bond donors (Lipinski definition) is 0. The largest absolute Gasteiger partial charge is 0.473 e. The minimum atomic E-state index is -0.421. The molecule has 1 heterocycles. The van der Waals surface area contributed by atoms with Crippen molar-refractivity contribution in [1.82, 2.24) is 4.98 Å². The lowest BCUT2D eigenvalue weighted by Gasteiger charge is -2.13. The molecule has 0 aliphatic heterocycles. The zero-order valence-electron chi connectivity index (χ0n) is 20.7. The summed E-state index contributed by atoms with van der Waals surface area (Å²) in [5.41, 5.74) is 3.59. The van der Waals surface area contributed by atoms with Gasteiger partial charge in [-0.15, -0.1) is 0 Å². The standard InChI is InChI=1S/C25H20N2O4.2C2H6/c28-27(29)22-13-11-21(12-14-22)23-15-16-24(30-17-19-7-3-1-4-8-19)26-25(23)31-18-20-9-5-2-6-10-20;2*1-2/h1-16H,17-18H2;2*1-2H3. The molecule has 0 saturated carbocycles. The molecule has 0 spiro atoms. The molecule has 4 aromatic rings. The molecule has 0 atom stereocenters. The van der Waals surface area contributed by atoms with Crippen LogP contribution in [0.2, 0.25) is 0 Å². The molecule has 0 radical (unpaired) electrons. The van der Waals surface area contributed by atoms with Gasteiger partial charge in [0.25, 0.3) is 5.69 Å². The summed E-state index contributed by atoms with van der Waals surface area (Å²) < 4.78 is 11.9. The predicted molar refractivity (Wildman–Crippen MR) is 141 cm³/mol. The highest BCUT2D eigenvalue weighted by atomic mass is 16.6. The summed E-state index contributed by atoms with van der Waals surface area (Å²) >= 11 is 0. The van der Waals surface area contributed by atoms with Crippen molar-refractivity contribution in [3.63, 3.8) is 0 Å². The third-order valence-corrected chi connectivity index (χ3v) is 4.67. The Morgan fingerprint density at radius 2 is 1.20 bits per heavy atom. The van der Waals surface area contributed by atoms with Crippen molar-refractivity contribution in [2.75, 3.05) is 0 Å². The van der Waals surface area contributed by atoms with Gasteiger partial charge in [-0.3, -0.25) is 10.1 Å². The van der Waals surface area contributed by atoms with Gasteiger partial charge in [-0.25, -0.2) is 0 Å². The van der Waals surface area contributed by atoms with Crippen molar-refractivity contribution in [2.45, 2.75) is 40.9 Å². The van der Waals surface area contributed by atoms with Gasteiger partial charge in [0.15, 0.2) is 0 Å². The Labute approximate surface area is 207 Å². The van der Waals surface area contributed by atoms with Crippen LogP contribution >= 0.6 is 0 Å². The van der Waals surface area contributed by atoms with Gasteiger partial charge in [-0.1, -0.05) is 88.4 Å². The van der Waals surface area contributed by atoms with Gasteiger partial charge in [-0.2, -0.15) is 4.98 Å². The van der Waals surface area contributed by atoms with Gasteiger partial charge in [-0.05, 0) is 34.9 Å². The Kier molecular flexibility index (Phi) is 11.5. The van der Waals surface area contributed by atoms with Crippen LogP contribution in [0.25, 0.3) is 11.1 Å². The lowest BCUT2D eigenvalue weighted by atomic mass is 10.1. The minimum Gasteiger partial charge on any atom is -0.473 e. The summed E-state index contributed by atoms with van der Waals surface area (Å²) in [4.78, 5) is 15.1. The second-order valence-corrected chi connectivity index (χ2v) is 6.85. The van der Waals surface area contributed by atoms with Crippen molar-refractivity contribution in [1.29, 1.82) is 0 Å². The Morgan fingerprint density at radius 3 is 1.71 bits per heavy atom. The van der Waals surface area contributed by atoms with Crippen LogP contribution in [-0.2, 0) is 13.2 Å². The van der Waals surface area contributed by atoms with Crippen molar-refractivity contribution >= 4 is 5.69 Å². The zero-order chi connectivity index (χ0) is 25.5. The van der Waals surface area contributed by atoms with Crippen LogP contribution in [0, 0.1) is 10.1 Å². The Hall–Kier alpha value is -4.19. The van der Waals surface area contributed by atoms with E-state index < -0.39 is 4.92 Å². The third kappa shape index (κ3) is 8.27. The Balaban J connectivity index is 0.00000103. The van der Waals surface area contributed by atoms with Crippen LogP contribution in [0.15, 0.2) is 97.1 Å². The van der Waals surface area contributed by atoms with Crippen LogP contribution in [0.4, 0.5) is 5.69 Å². The molecule has 0 aliphatic carbocycles. The number of pyridine rings is 1. The number of hydrogen-bond acceptors (Lipinski definition) is 5. The van der Waals surface area contributed by atoms with E-state index in [1.807, 2.05) is 94.4 Å². The Morgan fingerprint density at radius 1 is 0.686 bits per heavy atom. The highest BCUT2D eigenvalue weighted by molar-refractivity contribution is 5.70. The van der Waals surface area contributed by atoms with Gasteiger partial charge < -0.3 is 9.47 Å². The molecule has 4 rings (SSSR count). The normalized spacial score (nSPS) is 9.60. The molecule has 0 amide bonds. The first-order valence-corrected chi connectivity index (χ1v) is 11.8. The molecule has 0 saturated heterocycles. The van der Waals surface area contributed by atoms with E-state index >= 15 is 0 Å². The van der Waals surface area contributed by atoms with E-state index in [9.17, 15) is 10.1 Å². The molecular formula is C29H32N2O4.